The Bertz CT molecular complexity index is 1020. The Morgan fingerprint density at radius 3 is 2.12 bits per heavy atom. The van der Waals surface area contributed by atoms with Crippen molar-refractivity contribution in [1.82, 2.24) is 10.2 Å². The van der Waals surface area contributed by atoms with Crippen LogP contribution in [0.2, 0.25) is 0 Å². The first-order valence-corrected chi connectivity index (χ1v) is 12.0. The molecule has 7 nitrogen and oxygen atoms in total. The van der Waals surface area contributed by atoms with Gasteiger partial charge in [-0.1, -0.05) is 62.4 Å². The van der Waals surface area contributed by atoms with Crippen LogP contribution in [0.4, 0.5) is 4.79 Å². The summed E-state index contributed by atoms with van der Waals surface area (Å²) >= 11 is 0. The predicted molar refractivity (Wildman–Crippen MR) is 128 cm³/mol. The number of alkyl carbamates (subject to hydrolysis) is 1. The lowest BCUT2D eigenvalue weighted by Crippen LogP contribution is -2.51. The Morgan fingerprint density at radius 2 is 1.59 bits per heavy atom. The quantitative estimate of drug-likeness (QED) is 0.543. The number of hydrogen-bond donors (Lipinski definition) is 2. The fourth-order valence-corrected chi connectivity index (χ4v) is 4.66. The summed E-state index contributed by atoms with van der Waals surface area (Å²) in [6.45, 7) is 3.90. The second-order valence-corrected chi connectivity index (χ2v) is 9.58. The minimum atomic E-state index is -1.05. The van der Waals surface area contributed by atoms with Crippen molar-refractivity contribution in [2.45, 2.75) is 57.5 Å². The van der Waals surface area contributed by atoms with Crippen molar-refractivity contribution >= 4 is 18.0 Å². The number of aliphatic carboxylic acids is 1. The number of rotatable bonds is 10. The highest BCUT2D eigenvalue weighted by Gasteiger charge is 2.38. The van der Waals surface area contributed by atoms with Gasteiger partial charge in [-0.2, -0.15) is 0 Å². The molecule has 0 aliphatic heterocycles. The molecule has 0 saturated heterocycles. The van der Waals surface area contributed by atoms with Crippen molar-refractivity contribution in [1.29, 1.82) is 0 Å². The molecule has 0 bridgehead atoms. The third-order valence-electron chi connectivity index (χ3n) is 6.54. The molecule has 2 aliphatic carbocycles. The van der Waals surface area contributed by atoms with Crippen molar-refractivity contribution in [3.8, 4) is 11.1 Å². The van der Waals surface area contributed by atoms with E-state index in [4.69, 9.17) is 4.74 Å². The molecule has 2 N–H and O–H groups in total. The van der Waals surface area contributed by atoms with Crippen molar-refractivity contribution in [2.75, 3.05) is 13.2 Å². The van der Waals surface area contributed by atoms with E-state index in [1.54, 1.807) is 0 Å². The fourth-order valence-electron chi connectivity index (χ4n) is 4.66. The zero-order chi connectivity index (χ0) is 24.2. The maximum absolute atomic E-state index is 13.2. The van der Waals surface area contributed by atoms with Crippen LogP contribution in [0.25, 0.3) is 11.1 Å². The SMILES string of the molecule is CC(C)CCC(NC(=O)OCC1c2ccccc2-c2ccccc21)C(=O)N(CC(=O)O)C1CC1. The number of hydrogen-bond acceptors (Lipinski definition) is 4. The van der Waals surface area contributed by atoms with Crippen molar-refractivity contribution < 1.29 is 24.2 Å². The summed E-state index contributed by atoms with van der Waals surface area (Å²) < 4.78 is 5.63. The van der Waals surface area contributed by atoms with E-state index in [1.165, 1.54) is 4.90 Å². The number of nitrogens with zero attached hydrogens (tertiary/aromatic N) is 1. The van der Waals surface area contributed by atoms with Crippen LogP contribution in [-0.4, -0.2) is 53.2 Å². The highest BCUT2D eigenvalue weighted by molar-refractivity contribution is 5.88. The number of amides is 2. The first kappa shape index (κ1) is 23.8. The number of nitrogens with one attached hydrogen (secondary N) is 1. The van der Waals surface area contributed by atoms with E-state index in [0.717, 1.165) is 41.5 Å². The van der Waals surface area contributed by atoms with E-state index < -0.39 is 18.1 Å². The van der Waals surface area contributed by atoms with Crippen LogP contribution in [0.3, 0.4) is 0 Å². The zero-order valence-electron chi connectivity index (χ0n) is 19.7. The van der Waals surface area contributed by atoms with E-state index in [9.17, 15) is 19.5 Å². The van der Waals surface area contributed by atoms with E-state index in [0.29, 0.717) is 12.3 Å². The number of ether oxygens (including phenoxy) is 1. The minimum absolute atomic E-state index is 0.0607. The summed E-state index contributed by atoms with van der Waals surface area (Å²) in [5.41, 5.74) is 4.52. The van der Waals surface area contributed by atoms with Crippen LogP contribution in [0.15, 0.2) is 48.5 Å². The van der Waals surface area contributed by atoms with Crippen LogP contribution < -0.4 is 5.32 Å². The molecular weight excluding hydrogens is 432 g/mol. The van der Waals surface area contributed by atoms with Crippen LogP contribution in [0, 0.1) is 5.92 Å². The van der Waals surface area contributed by atoms with Gasteiger partial charge in [-0.3, -0.25) is 9.59 Å². The molecular formula is C27H32N2O5. The highest BCUT2D eigenvalue weighted by Crippen LogP contribution is 2.44. The molecule has 1 unspecified atom stereocenters. The first-order valence-electron chi connectivity index (χ1n) is 12.0. The average molecular weight is 465 g/mol. The molecule has 1 atom stereocenters. The Kier molecular flexibility index (Phi) is 7.20. The summed E-state index contributed by atoms with van der Waals surface area (Å²) in [5, 5.41) is 12.0. The predicted octanol–water partition coefficient (Wildman–Crippen LogP) is 4.41. The smallest absolute Gasteiger partial charge is 0.407 e. The van der Waals surface area contributed by atoms with Crippen molar-refractivity contribution in [2.24, 2.45) is 5.92 Å². The molecule has 0 heterocycles. The minimum Gasteiger partial charge on any atom is -0.480 e. The van der Waals surface area contributed by atoms with Gasteiger partial charge in [0.05, 0.1) is 0 Å². The lowest BCUT2D eigenvalue weighted by molar-refractivity contribution is -0.145. The lowest BCUT2D eigenvalue weighted by Gasteiger charge is -2.27. The van der Waals surface area contributed by atoms with Gasteiger partial charge in [0.1, 0.15) is 19.2 Å². The normalized spacial score (nSPS) is 15.4. The summed E-state index contributed by atoms with van der Waals surface area (Å²) in [6.07, 6.45) is 2.09. The third kappa shape index (κ3) is 5.41. The van der Waals surface area contributed by atoms with E-state index >= 15 is 0 Å². The molecule has 2 aromatic carbocycles. The summed E-state index contributed by atoms with van der Waals surface area (Å²) in [7, 11) is 0. The number of fused-ring (bicyclic) bond motifs is 3. The second kappa shape index (κ2) is 10.3. The van der Waals surface area contributed by atoms with Crippen LogP contribution >= 0.6 is 0 Å². The maximum atomic E-state index is 13.2. The molecule has 34 heavy (non-hydrogen) atoms. The average Bonchev–Trinajstić information content (AvgIpc) is 3.61. The standard InChI is InChI=1S/C27H32N2O5/c1-17(2)11-14-24(26(32)29(15-25(30)31)18-12-13-18)28-27(33)34-16-23-21-9-5-3-7-19(21)20-8-4-6-10-22(20)23/h3-10,17-18,23-24H,11-16H2,1-2H3,(H,28,33)(H,30,31). The molecule has 180 valence electrons. The number of benzene rings is 2. The first-order chi connectivity index (χ1) is 16.3. The van der Waals surface area contributed by atoms with Crippen LogP contribution in [0.1, 0.15) is 56.6 Å². The number of carboxylic acid groups (broad SMARTS) is 1. The van der Waals surface area contributed by atoms with E-state index in [-0.39, 0.29) is 31.0 Å². The third-order valence-corrected chi connectivity index (χ3v) is 6.54. The van der Waals surface area contributed by atoms with Gasteiger partial charge in [-0.05, 0) is 53.9 Å². The maximum Gasteiger partial charge on any atom is 0.407 e. The summed E-state index contributed by atoms with van der Waals surface area (Å²) in [4.78, 5) is 38.7. The molecule has 7 heteroatoms. The van der Waals surface area contributed by atoms with Gasteiger partial charge < -0.3 is 20.1 Å². The fraction of sp³-hybridized carbons (Fsp3) is 0.444. The Morgan fingerprint density at radius 1 is 1.00 bits per heavy atom. The van der Waals surface area contributed by atoms with Crippen molar-refractivity contribution in [3.05, 3.63) is 59.7 Å². The molecule has 2 aliphatic rings. The largest absolute Gasteiger partial charge is 0.480 e. The van der Waals surface area contributed by atoms with Gasteiger partial charge >= 0.3 is 12.1 Å². The highest BCUT2D eigenvalue weighted by atomic mass is 16.5. The monoisotopic (exact) mass is 464 g/mol. The number of carbonyl (C=O) groups is 3. The van der Waals surface area contributed by atoms with Gasteiger partial charge in [0.15, 0.2) is 0 Å². The van der Waals surface area contributed by atoms with Gasteiger partial charge in [-0.25, -0.2) is 4.79 Å². The van der Waals surface area contributed by atoms with E-state index in [2.05, 4.69) is 29.6 Å². The summed E-state index contributed by atoms with van der Waals surface area (Å²) in [6, 6.07) is 15.3. The molecule has 0 spiro atoms. The van der Waals surface area contributed by atoms with Gasteiger partial charge in [-0.15, -0.1) is 0 Å². The molecule has 2 aromatic rings. The van der Waals surface area contributed by atoms with Gasteiger partial charge in [0, 0.05) is 12.0 Å². The molecule has 0 radical (unpaired) electrons. The lowest BCUT2D eigenvalue weighted by atomic mass is 9.98. The molecule has 0 aromatic heterocycles. The molecule has 1 fully saturated rings. The number of carboxylic acids is 1. The Hall–Kier alpha value is -3.35. The topological polar surface area (TPSA) is 95.9 Å². The van der Waals surface area contributed by atoms with Crippen molar-refractivity contribution in [3.63, 3.8) is 0 Å². The molecule has 2 amide bonds. The Labute approximate surface area is 200 Å². The van der Waals surface area contributed by atoms with Crippen LogP contribution in [0.5, 0.6) is 0 Å². The van der Waals surface area contributed by atoms with Crippen LogP contribution in [-0.2, 0) is 14.3 Å². The summed E-state index contributed by atoms with van der Waals surface area (Å²) in [5.74, 6) is -1.13. The van der Waals surface area contributed by atoms with E-state index in [1.807, 2.05) is 38.1 Å². The number of carbonyl (C=O) groups excluding carboxylic acids is 2. The second-order valence-electron chi connectivity index (χ2n) is 9.58. The molecule has 4 rings (SSSR count). The molecule has 1 saturated carbocycles. The zero-order valence-corrected chi connectivity index (χ0v) is 19.7. The van der Waals surface area contributed by atoms with Gasteiger partial charge in [0.2, 0.25) is 5.91 Å². The van der Waals surface area contributed by atoms with Gasteiger partial charge in [0.25, 0.3) is 0 Å². The Balaban J connectivity index is 1.44.